The van der Waals surface area contributed by atoms with Gasteiger partial charge in [-0.05, 0) is 0 Å². The van der Waals surface area contributed by atoms with Crippen molar-refractivity contribution in [3.63, 3.8) is 0 Å². The van der Waals surface area contributed by atoms with Gasteiger partial charge in [0.2, 0.25) is 0 Å². The van der Waals surface area contributed by atoms with E-state index in [-0.39, 0.29) is 48.0 Å². The number of hydrogen-bond donors (Lipinski definition) is 0. The van der Waals surface area contributed by atoms with Crippen LogP contribution in [0.5, 0.6) is 0 Å². The average molecular weight is 562 g/mol. The maximum absolute atomic E-state index is 2.32. The molecule has 0 amide bonds. The zero-order chi connectivity index (χ0) is 7.52. The Morgan fingerprint density at radius 3 is 1.62 bits per heavy atom. The van der Waals surface area contributed by atoms with Gasteiger partial charge in [0.25, 0.3) is 0 Å². The number of rotatable bonds is 2. The minimum Gasteiger partial charge on any atom is -1.00 e. The van der Waals surface area contributed by atoms with Gasteiger partial charge in [0.15, 0.2) is 0 Å². The molecule has 68 valence electrons. The summed E-state index contributed by atoms with van der Waals surface area (Å²) in [5.74, 6) is 0. The van der Waals surface area contributed by atoms with Gasteiger partial charge >= 0.3 is 78.9 Å². The smallest absolute Gasteiger partial charge is 1.00 e. The van der Waals surface area contributed by atoms with Gasteiger partial charge in [0.1, 0.15) is 0 Å². The van der Waals surface area contributed by atoms with Crippen LogP contribution in [0.15, 0.2) is 43.1 Å². The Kier molecular flexibility index (Phi) is 8.32. The van der Waals surface area contributed by atoms with Crippen molar-refractivity contribution in [2.75, 3.05) is 0 Å². The fourth-order valence-corrected chi connectivity index (χ4v) is 5.64. The van der Waals surface area contributed by atoms with E-state index in [0.717, 1.165) is 0 Å². The van der Waals surface area contributed by atoms with Crippen LogP contribution in [-0.2, 0) is 22.9 Å². The van der Waals surface area contributed by atoms with Crippen LogP contribution in [0.3, 0.4) is 0 Å². The van der Waals surface area contributed by atoms with Crippen molar-refractivity contribution < 1.29 is 70.9 Å². The molecule has 0 spiro atoms. The third kappa shape index (κ3) is 4.55. The first-order chi connectivity index (χ1) is 5.45. The summed E-state index contributed by atoms with van der Waals surface area (Å²) in [6.07, 6.45) is 16.1. The Labute approximate surface area is 125 Å². The molecule has 0 N–H and O–H groups in total. The molecule has 0 nitrogen and oxygen atoms in total. The van der Waals surface area contributed by atoms with Crippen LogP contribution in [0.1, 0.15) is 12.8 Å². The summed E-state index contributed by atoms with van der Waals surface area (Å²) in [7, 11) is 0. The van der Waals surface area contributed by atoms with Crippen molar-refractivity contribution >= 4 is 0 Å². The molecule has 0 aromatic carbocycles. The second-order valence-corrected chi connectivity index (χ2v) is 8.29. The van der Waals surface area contributed by atoms with Gasteiger partial charge in [0.05, 0.1) is 0 Å². The van der Waals surface area contributed by atoms with Crippen molar-refractivity contribution in [3.05, 3.63) is 43.1 Å². The molecule has 0 saturated heterocycles. The molecule has 2 rings (SSSR count). The first kappa shape index (κ1) is 14.3. The molecule has 0 aliphatic heterocycles. The summed E-state index contributed by atoms with van der Waals surface area (Å²) in [6.45, 7) is 0. The maximum atomic E-state index is 2.32. The number of allylic oxidation sites excluding steroid dienone is 8. The van der Waals surface area contributed by atoms with Gasteiger partial charge < -0.3 is 48.0 Å². The van der Waals surface area contributed by atoms with Crippen LogP contribution in [0.2, 0.25) is 0 Å². The molecule has 2 aliphatic rings. The second kappa shape index (κ2) is 7.56. The first-order valence-electron chi connectivity index (χ1n) is 3.93. The van der Waals surface area contributed by atoms with Crippen molar-refractivity contribution in [2.24, 2.45) is 0 Å². The Balaban J connectivity index is 0.000000720. The Bertz CT molecular complexity index is 247. The molecule has 0 saturated carbocycles. The van der Waals surface area contributed by atoms with Gasteiger partial charge in [-0.1, -0.05) is 0 Å². The molecule has 3 heteroatoms. The van der Waals surface area contributed by atoms with Crippen molar-refractivity contribution in [2.45, 2.75) is 12.8 Å². The predicted octanol–water partition coefficient (Wildman–Crippen LogP) is -3.24. The van der Waals surface area contributed by atoms with Crippen LogP contribution >= 0.6 is 0 Å². The summed E-state index contributed by atoms with van der Waals surface area (Å²) in [6, 6.07) is 0. The largest absolute Gasteiger partial charge is 1.00 e. The molecule has 0 atom stereocenters. The van der Waals surface area contributed by atoms with Crippen molar-refractivity contribution in [3.8, 4) is 0 Å². The molecule has 13 heavy (non-hydrogen) atoms. The fourth-order valence-electron chi connectivity index (χ4n) is 1.29. The quantitative estimate of drug-likeness (QED) is 0.246. The Morgan fingerprint density at radius 2 is 1.31 bits per heavy atom. The summed E-state index contributed by atoms with van der Waals surface area (Å²) >= 11 is -0.526. The molecule has 0 aromatic heterocycles. The summed E-state index contributed by atoms with van der Waals surface area (Å²) in [5.41, 5.74) is 0. The maximum Gasteiger partial charge on any atom is -1.00 e. The second-order valence-electron chi connectivity index (χ2n) is 2.77. The van der Waals surface area contributed by atoms with E-state index in [1.54, 1.807) is 6.66 Å². The molecule has 0 radical (unpaired) electrons. The third-order valence-corrected chi connectivity index (χ3v) is 6.84. The molecule has 0 fully saturated rings. The standard InChI is InChI=1S/2C5H5.Hf.2HI/c2*1-2-4-5-3-1;;;/h2*1-3H,4H2;;2*1H/q;;+2;;/p-2. The van der Waals surface area contributed by atoms with Gasteiger partial charge in [0, 0.05) is 0 Å². The molecular weight excluding hydrogens is 552 g/mol. The van der Waals surface area contributed by atoms with Gasteiger partial charge in [-0.3, -0.25) is 0 Å². The average Bonchev–Trinajstić information content (AvgIpc) is 2.60. The van der Waals surface area contributed by atoms with E-state index in [2.05, 4.69) is 36.5 Å². The minimum absolute atomic E-state index is 0. The number of hydrogen-bond acceptors (Lipinski definition) is 0. The van der Waals surface area contributed by atoms with Crippen LogP contribution in [-0.4, -0.2) is 0 Å². The van der Waals surface area contributed by atoms with Crippen molar-refractivity contribution in [1.82, 2.24) is 0 Å². The normalized spacial score (nSPS) is 16.9. The van der Waals surface area contributed by atoms with Crippen LogP contribution in [0, 0.1) is 0 Å². The molecule has 0 unspecified atom stereocenters. The molecule has 0 aromatic rings. The molecule has 0 heterocycles. The molecule has 2 aliphatic carbocycles. The Morgan fingerprint density at radius 1 is 0.846 bits per heavy atom. The van der Waals surface area contributed by atoms with E-state index in [1.807, 2.05) is 0 Å². The van der Waals surface area contributed by atoms with Crippen LogP contribution in [0.25, 0.3) is 0 Å². The van der Waals surface area contributed by atoms with Crippen LogP contribution in [0.4, 0.5) is 0 Å². The minimum atomic E-state index is -0.526. The molecular formula is C10H10HfI2. The van der Waals surface area contributed by atoms with E-state index >= 15 is 0 Å². The third-order valence-electron chi connectivity index (χ3n) is 1.86. The fraction of sp³-hybridized carbons (Fsp3) is 0.200. The number of halogens is 2. The monoisotopic (exact) mass is 564 g/mol. The summed E-state index contributed by atoms with van der Waals surface area (Å²) in [4.78, 5) is 0. The zero-order valence-corrected chi connectivity index (χ0v) is 15.0. The van der Waals surface area contributed by atoms with Gasteiger partial charge in [-0.25, -0.2) is 0 Å². The van der Waals surface area contributed by atoms with E-state index in [4.69, 9.17) is 0 Å². The zero-order valence-electron chi connectivity index (χ0n) is 7.13. The topological polar surface area (TPSA) is 0 Å². The molecule has 0 bridgehead atoms. The summed E-state index contributed by atoms with van der Waals surface area (Å²) < 4.78 is 3.50. The Hall–Kier alpha value is 1.29. The predicted molar refractivity (Wildman–Crippen MR) is 43.7 cm³/mol. The van der Waals surface area contributed by atoms with E-state index in [1.165, 1.54) is 12.8 Å². The SMILES string of the molecule is C1=CC[C]([Hf+2][C]2=CC=CC2)=C1.[I-].[I-]. The van der Waals surface area contributed by atoms with E-state index < -0.39 is 22.9 Å². The van der Waals surface area contributed by atoms with E-state index in [9.17, 15) is 0 Å². The van der Waals surface area contributed by atoms with Gasteiger partial charge in [-0.15, -0.1) is 0 Å². The van der Waals surface area contributed by atoms with E-state index in [0.29, 0.717) is 0 Å². The first-order valence-corrected chi connectivity index (χ1v) is 7.53. The summed E-state index contributed by atoms with van der Waals surface area (Å²) in [5, 5.41) is 0. The van der Waals surface area contributed by atoms with Crippen molar-refractivity contribution in [1.29, 1.82) is 0 Å². The van der Waals surface area contributed by atoms with Gasteiger partial charge in [-0.2, -0.15) is 0 Å². The van der Waals surface area contributed by atoms with Crippen LogP contribution < -0.4 is 48.0 Å².